The molecule has 0 saturated heterocycles. The summed E-state index contributed by atoms with van der Waals surface area (Å²) in [6.45, 7) is 3.19. The first-order valence-corrected chi connectivity index (χ1v) is 8.24. The average Bonchev–Trinajstić information content (AvgIpc) is 3.05. The lowest BCUT2D eigenvalue weighted by molar-refractivity contribution is 0.585. The molecule has 5 heteroatoms. The molecule has 2 heterocycles. The summed E-state index contributed by atoms with van der Waals surface area (Å²) in [5, 5.41) is 6.89. The molecule has 3 rings (SSSR count). The Morgan fingerprint density at radius 3 is 3.11 bits per heavy atom. The molecule has 1 aliphatic carbocycles. The Labute approximate surface area is 115 Å². The van der Waals surface area contributed by atoms with Crippen LogP contribution in [-0.4, -0.2) is 16.5 Å². The van der Waals surface area contributed by atoms with E-state index in [0.29, 0.717) is 0 Å². The first-order chi connectivity index (χ1) is 8.88. The molecule has 0 saturated carbocycles. The summed E-state index contributed by atoms with van der Waals surface area (Å²) in [7, 11) is 0. The molecule has 1 aliphatic rings. The SMILES string of the molecule is CCCNC(c1cscn1)c1nc2c(s1)CCC2. The second-order valence-corrected chi connectivity index (χ2v) is 6.41. The number of hydrogen-bond acceptors (Lipinski definition) is 5. The van der Waals surface area contributed by atoms with Crippen LogP contribution in [0.3, 0.4) is 0 Å². The molecule has 0 aliphatic heterocycles. The highest BCUT2D eigenvalue weighted by molar-refractivity contribution is 7.12. The molecule has 18 heavy (non-hydrogen) atoms. The molecule has 0 fully saturated rings. The van der Waals surface area contributed by atoms with Crippen LogP contribution < -0.4 is 5.32 Å². The topological polar surface area (TPSA) is 37.8 Å². The quantitative estimate of drug-likeness (QED) is 0.913. The molecular weight excluding hydrogens is 262 g/mol. The van der Waals surface area contributed by atoms with Gasteiger partial charge in [0.05, 0.1) is 16.9 Å². The van der Waals surface area contributed by atoms with Gasteiger partial charge in [-0.3, -0.25) is 0 Å². The van der Waals surface area contributed by atoms with E-state index < -0.39 is 0 Å². The van der Waals surface area contributed by atoms with E-state index in [1.54, 1.807) is 11.3 Å². The van der Waals surface area contributed by atoms with Gasteiger partial charge in [0.25, 0.3) is 0 Å². The second kappa shape index (κ2) is 5.47. The molecule has 0 radical (unpaired) electrons. The van der Waals surface area contributed by atoms with Gasteiger partial charge in [-0.1, -0.05) is 6.92 Å². The zero-order valence-corrected chi connectivity index (χ0v) is 12.1. The zero-order chi connectivity index (χ0) is 12.4. The van der Waals surface area contributed by atoms with E-state index in [4.69, 9.17) is 4.98 Å². The van der Waals surface area contributed by atoms with Gasteiger partial charge >= 0.3 is 0 Å². The van der Waals surface area contributed by atoms with Gasteiger partial charge in [0.15, 0.2) is 0 Å². The maximum atomic E-state index is 4.82. The van der Waals surface area contributed by atoms with Crippen LogP contribution in [0.4, 0.5) is 0 Å². The Bertz CT molecular complexity index is 483. The Morgan fingerprint density at radius 2 is 2.39 bits per heavy atom. The number of aromatic nitrogens is 2. The maximum Gasteiger partial charge on any atom is 0.116 e. The summed E-state index contributed by atoms with van der Waals surface area (Å²) < 4.78 is 0. The summed E-state index contributed by atoms with van der Waals surface area (Å²) in [5.74, 6) is 0. The third-order valence-electron chi connectivity index (χ3n) is 3.20. The number of rotatable bonds is 5. The Kier molecular flexibility index (Phi) is 3.72. The molecule has 0 spiro atoms. The van der Waals surface area contributed by atoms with Crippen molar-refractivity contribution in [1.29, 1.82) is 0 Å². The molecule has 3 nitrogen and oxygen atoms in total. The van der Waals surface area contributed by atoms with Crippen LogP contribution in [-0.2, 0) is 12.8 Å². The first kappa shape index (κ1) is 12.3. The molecule has 1 unspecified atom stereocenters. The zero-order valence-electron chi connectivity index (χ0n) is 10.5. The number of fused-ring (bicyclic) bond motifs is 1. The van der Waals surface area contributed by atoms with Gasteiger partial charge in [-0.15, -0.1) is 22.7 Å². The molecule has 2 aromatic rings. The molecule has 0 amide bonds. The van der Waals surface area contributed by atoms with Crippen molar-refractivity contribution < 1.29 is 0 Å². The van der Waals surface area contributed by atoms with Crippen molar-refractivity contribution >= 4 is 22.7 Å². The highest BCUT2D eigenvalue weighted by atomic mass is 32.1. The predicted octanol–water partition coefficient (Wildman–Crippen LogP) is 3.18. The van der Waals surface area contributed by atoms with Gasteiger partial charge in [0.1, 0.15) is 11.0 Å². The van der Waals surface area contributed by atoms with E-state index in [0.717, 1.165) is 25.1 Å². The van der Waals surface area contributed by atoms with Gasteiger partial charge in [0, 0.05) is 10.3 Å². The standard InChI is InChI=1S/C13H17N3S2/c1-2-6-14-12(10-7-17-8-15-10)13-16-9-4-3-5-11(9)18-13/h7-8,12,14H,2-6H2,1H3. The molecular formula is C13H17N3S2. The van der Waals surface area contributed by atoms with Crippen LogP contribution in [0.5, 0.6) is 0 Å². The van der Waals surface area contributed by atoms with Crippen molar-refractivity contribution in [1.82, 2.24) is 15.3 Å². The lowest BCUT2D eigenvalue weighted by atomic mass is 10.2. The van der Waals surface area contributed by atoms with Crippen molar-refractivity contribution in [3.05, 3.63) is 32.2 Å². The highest BCUT2D eigenvalue weighted by Gasteiger charge is 2.23. The highest BCUT2D eigenvalue weighted by Crippen LogP contribution is 2.33. The van der Waals surface area contributed by atoms with E-state index in [1.165, 1.54) is 28.4 Å². The molecule has 0 aromatic carbocycles. The first-order valence-electron chi connectivity index (χ1n) is 6.48. The van der Waals surface area contributed by atoms with Gasteiger partial charge < -0.3 is 5.32 Å². The van der Waals surface area contributed by atoms with Crippen molar-refractivity contribution in [2.45, 2.75) is 38.6 Å². The number of nitrogens with one attached hydrogen (secondary N) is 1. The monoisotopic (exact) mass is 279 g/mol. The smallest absolute Gasteiger partial charge is 0.116 e. The Morgan fingerprint density at radius 1 is 1.44 bits per heavy atom. The van der Waals surface area contributed by atoms with Crippen LogP contribution in [0.15, 0.2) is 10.9 Å². The average molecular weight is 279 g/mol. The van der Waals surface area contributed by atoms with E-state index >= 15 is 0 Å². The van der Waals surface area contributed by atoms with Crippen molar-refractivity contribution in [2.75, 3.05) is 6.54 Å². The molecule has 0 bridgehead atoms. The summed E-state index contributed by atoms with van der Waals surface area (Å²) in [6.07, 6.45) is 4.78. The molecule has 1 N–H and O–H groups in total. The summed E-state index contributed by atoms with van der Waals surface area (Å²) in [5.41, 5.74) is 4.34. The fraction of sp³-hybridized carbons (Fsp3) is 0.538. The van der Waals surface area contributed by atoms with E-state index in [-0.39, 0.29) is 6.04 Å². The van der Waals surface area contributed by atoms with E-state index in [2.05, 4.69) is 22.6 Å². The normalized spacial score (nSPS) is 15.8. The predicted molar refractivity (Wildman–Crippen MR) is 76.4 cm³/mol. The van der Waals surface area contributed by atoms with Crippen molar-refractivity contribution in [3.8, 4) is 0 Å². The van der Waals surface area contributed by atoms with Gasteiger partial charge in [-0.25, -0.2) is 9.97 Å². The number of nitrogens with zero attached hydrogens (tertiary/aromatic N) is 2. The van der Waals surface area contributed by atoms with Gasteiger partial charge in [-0.2, -0.15) is 0 Å². The van der Waals surface area contributed by atoms with Crippen molar-refractivity contribution in [2.24, 2.45) is 0 Å². The lowest BCUT2D eigenvalue weighted by Gasteiger charge is -2.13. The molecule has 96 valence electrons. The molecule has 1 atom stereocenters. The maximum absolute atomic E-state index is 4.82. The third-order valence-corrected chi connectivity index (χ3v) is 5.03. The second-order valence-electron chi connectivity index (χ2n) is 4.58. The fourth-order valence-corrected chi connectivity index (χ4v) is 4.13. The number of thiazole rings is 2. The minimum atomic E-state index is 0.187. The summed E-state index contributed by atoms with van der Waals surface area (Å²) in [6, 6.07) is 0.187. The minimum absolute atomic E-state index is 0.187. The summed E-state index contributed by atoms with van der Waals surface area (Å²) >= 11 is 3.52. The third kappa shape index (κ3) is 2.35. The Balaban J connectivity index is 1.87. The molecule has 2 aromatic heterocycles. The minimum Gasteiger partial charge on any atom is -0.303 e. The fourth-order valence-electron chi connectivity index (χ4n) is 2.31. The lowest BCUT2D eigenvalue weighted by Crippen LogP contribution is -2.23. The largest absolute Gasteiger partial charge is 0.303 e. The van der Waals surface area contributed by atoms with Crippen LogP contribution >= 0.6 is 22.7 Å². The van der Waals surface area contributed by atoms with Crippen LogP contribution in [0.25, 0.3) is 0 Å². The van der Waals surface area contributed by atoms with Crippen molar-refractivity contribution in [3.63, 3.8) is 0 Å². The van der Waals surface area contributed by atoms with Crippen LogP contribution in [0.1, 0.15) is 47.1 Å². The van der Waals surface area contributed by atoms with Gasteiger partial charge in [-0.05, 0) is 32.2 Å². The van der Waals surface area contributed by atoms with Crippen LogP contribution in [0, 0.1) is 0 Å². The van der Waals surface area contributed by atoms with E-state index in [1.807, 2.05) is 16.8 Å². The summed E-state index contributed by atoms with van der Waals surface area (Å²) in [4.78, 5) is 10.8. The Hall–Kier alpha value is -0.780. The number of hydrogen-bond donors (Lipinski definition) is 1. The van der Waals surface area contributed by atoms with Gasteiger partial charge in [0.2, 0.25) is 0 Å². The van der Waals surface area contributed by atoms with E-state index in [9.17, 15) is 0 Å². The number of aryl methyl sites for hydroxylation is 2. The van der Waals surface area contributed by atoms with Crippen LogP contribution in [0.2, 0.25) is 0 Å².